The Morgan fingerprint density at radius 3 is 2.77 bits per heavy atom. The number of nitrogens with one attached hydrogen (secondary N) is 1. The zero-order chi connectivity index (χ0) is 9.10. The maximum atomic E-state index is 9.38. The van der Waals surface area contributed by atoms with Gasteiger partial charge in [0.15, 0.2) is 0 Å². The van der Waals surface area contributed by atoms with Gasteiger partial charge in [-0.2, -0.15) is 5.48 Å². The summed E-state index contributed by atoms with van der Waals surface area (Å²) in [5.74, 6) is 0. The number of hydroxylamine groups is 1. The van der Waals surface area contributed by atoms with E-state index in [1.54, 1.807) is 0 Å². The van der Waals surface area contributed by atoms with Crippen molar-refractivity contribution in [1.29, 1.82) is 0 Å². The maximum Gasteiger partial charge on any atom is 0.0942 e. The first-order valence-corrected chi connectivity index (χ1v) is 4.46. The molecular weight excluding hydrogens is 166 g/mol. The summed E-state index contributed by atoms with van der Waals surface area (Å²) in [5.41, 5.74) is 4.06. The van der Waals surface area contributed by atoms with Crippen LogP contribution in [0.25, 0.3) is 0 Å². The van der Waals surface area contributed by atoms with Gasteiger partial charge in [0.05, 0.1) is 18.8 Å². The molecule has 0 amide bonds. The van der Waals surface area contributed by atoms with E-state index in [9.17, 15) is 5.11 Å². The predicted octanol–water partition coefficient (Wildman–Crippen LogP) is 1.01. The van der Waals surface area contributed by atoms with Crippen LogP contribution in [-0.4, -0.2) is 17.8 Å². The Morgan fingerprint density at radius 1 is 1.31 bits per heavy atom. The molecule has 0 aliphatic carbocycles. The van der Waals surface area contributed by atoms with Crippen LogP contribution in [0.1, 0.15) is 18.0 Å². The van der Waals surface area contributed by atoms with Crippen LogP contribution in [0.15, 0.2) is 30.3 Å². The number of aliphatic hydroxyl groups excluding tert-OH is 1. The Bertz CT molecular complexity index is 263. The molecule has 13 heavy (non-hydrogen) atoms. The summed E-state index contributed by atoms with van der Waals surface area (Å²) in [6, 6.07) is 10.1. The third-order valence-corrected chi connectivity index (χ3v) is 2.21. The van der Waals surface area contributed by atoms with Crippen LogP contribution in [0.4, 0.5) is 0 Å². The molecule has 1 aliphatic heterocycles. The normalized spacial score (nSPS) is 28.7. The van der Waals surface area contributed by atoms with Crippen molar-refractivity contribution >= 4 is 0 Å². The molecule has 1 aliphatic rings. The smallest absolute Gasteiger partial charge is 0.0942 e. The SMILES string of the molecule is O[C@@H]1CON[C@H](c2ccccc2)C1. The average molecular weight is 179 g/mol. The fraction of sp³-hybridized carbons (Fsp3) is 0.400. The van der Waals surface area contributed by atoms with Gasteiger partial charge in [0.2, 0.25) is 0 Å². The average Bonchev–Trinajstić information content (AvgIpc) is 2.19. The first kappa shape index (κ1) is 8.69. The summed E-state index contributed by atoms with van der Waals surface area (Å²) in [7, 11) is 0. The molecule has 1 heterocycles. The Morgan fingerprint density at radius 2 is 2.08 bits per heavy atom. The van der Waals surface area contributed by atoms with Gasteiger partial charge in [-0.25, -0.2) is 0 Å². The van der Waals surface area contributed by atoms with E-state index in [1.807, 2.05) is 30.3 Å². The minimum atomic E-state index is -0.355. The number of hydrogen-bond donors (Lipinski definition) is 2. The maximum absolute atomic E-state index is 9.38. The van der Waals surface area contributed by atoms with Crippen molar-refractivity contribution in [3.63, 3.8) is 0 Å². The number of hydrogen-bond acceptors (Lipinski definition) is 3. The predicted molar refractivity (Wildman–Crippen MR) is 48.9 cm³/mol. The highest BCUT2D eigenvalue weighted by molar-refractivity contribution is 5.18. The summed E-state index contributed by atoms with van der Waals surface area (Å²) >= 11 is 0. The van der Waals surface area contributed by atoms with E-state index < -0.39 is 0 Å². The Kier molecular flexibility index (Phi) is 2.59. The lowest BCUT2D eigenvalue weighted by Gasteiger charge is -2.27. The van der Waals surface area contributed by atoms with Gasteiger partial charge in [-0.1, -0.05) is 30.3 Å². The van der Waals surface area contributed by atoms with Crippen LogP contribution in [0, 0.1) is 0 Å². The van der Waals surface area contributed by atoms with Crippen LogP contribution in [0.3, 0.4) is 0 Å². The second kappa shape index (κ2) is 3.87. The lowest BCUT2D eigenvalue weighted by atomic mass is 10.0. The van der Waals surface area contributed by atoms with Crippen molar-refractivity contribution in [3.8, 4) is 0 Å². The minimum Gasteiger partial charge on any atom is -0.391 e. The highest BCUT2D eigenvalue weighted by atomic mass is 16.7. The molecule has 0 unspecified atom stereocenters. The molecule has 2 atom stereocenters. The number of rotatable bonds is 1. The lowest BCUT2D eigenvalue weighted by Crippen LogP contribution is -2.36. The Hall–Kier alpha value is -0.900. The van der Waals surface area contributed by atoms with E-state index in [4.69, 9.17) is 4.84 Å². The Labute approximate surface area is 77.3 Å². The topological polar surface area (TPSA) is 41.5 Å². The van der Waals surface area contributed by atoms with Crippen molar-refractivity contribution < 1.29 is 9.94 Å². The molecular formula is C10H13NO2. The van der Waals surface area contributed by atoms with Crippen molar-refractivity contribution in [1.82, 2.24) is 5.48 Å². The fourth-order valence-corrected chi connectivity index (χ4v) is 1.52. The second-order valence-electron chi connectivity index (χ2n) is 3.28. The summed E-state index contributed by atoms with van der Waals surface area (Å²) in [4.78, 5) is 5.05. The van der Waals surface area contributed by atoms with E-state index >= 15 is 0 Å². The molecule has 1 saturated heterocycles. The second-order valence-corrected chi connectivity index (χ2v) is 3.28. The van der Waals surface area contributed by atoms with Crippen LogP contribution >= 0.6 is 0 Å². The summed E-state index contributed by atoms with van der Waals surface area (Å²) in [5, 5.41) is 9.38. The molecule has 2 rings (SSSR count). The van der Waals surface area contributed by atoms with Crippen LogP contribution < -0.4 is 5.48 Å². The molecule has 0 aromatic heterocycles. The molecule has 0 bridgehead atoms. The lowest BCUT2D eigenvalue weighted by molar-refractivity contribution is -0.0840. The zero-order valence-electron chi connectivity index (χ0n) is 7.31. The first-order valence-electron chi connectivity index (χ1n) is 4.46. The number of benzene rings is 1. The third kappa shape index (κ3) is 2.06. The Balaban J connectivity index is 2.08. The number of aliphatic hydroxyl groups is 1. The van der Waals surface area contributed by atoms with Crippen molar-refractivity contribution in [2.45, 2.75) is 18.6 Å². The van der Waals surface area contributed by atoms with Crippen LogP contribution in [0.5, 0.6) is 0 Å². The van der Waals surface area contributed by atoms with E-state index in [0.29, 0.717) is 13.0 Å². The van der Waals surface area contributed by atoms with E-state index in [2.05, 4.69) is 5.48 Å². The van der Waals surface area contributed by atoms with Crippen molar-refractivity contribution in [3.05, 3.63) is 35.9 Å². The van der Waals surface area contributed by atoms with Gasteiger partial charge in [0, 0.05) is 0 Å². The largest absolute Gasteiger partial charge is 0.391 e. The highest BCUT2D eigenvalue weighted by Gasteiger charge is 2.21. The zero-order valence-corrected chi connectivity index (χ0v) is 7.31. The minimum absolute atomic E-state index is 0.116. The molecule has 1 aromatic carbocycles. The van der Waals surface area contributed by atoms with Gasteiger partial charge < -0.3 is 5.11 Å². The molecule has 2 N–H and O–H groups in total. The summed E-state index contributed by atoms with van der Waals surface area (Å²) in [6.45, 7) is 0.378. The van der Waals surface area contributed by atoms with Crippen LogP contribution in [-0.2, 0) is 4.84 Å². The van der Waals surface area contributed by atoms with Gasteiger partial charge in [-0.05, 0) is 12.0 Å². The molecule has 0 radical (unpaired) electrons. The van der Waals surface area contributed by atoms with Crippen molar-refractivity contribution in [2.75, 3.05) is 6.61 Å². The monoisotopic (exact) mass is 179 g/mol. The van der Waals surface area contributed by atoms with Crippen molar-refractivity contribution in [2.24, 2.45) is 0 Å². The molecule has 3 nitrogen and oxygen atoms in total. The third-order valence-electron chi connectivity index (χ3n) is 2.21. The molecule has 70 valence electrons. The highest BCUT2D eigenvalue weighted by Crippen LogP contribution is 2.21. The van der Waals surface area contributed by atoms with E-state index in [1.165, 1.54) is 0 Å². The van der Waals surface area contributed by atoms with Gasteiger partial charge in [-0.3, -0.25) is 4.84 Å². The first-order chi connectivity index (χ1) is 6.36. The molecule has 1 aromatic rings. The van der Waals surface area contributed by atoms with E-state index in [-0.39, 0.29) is 12.1 Å². The summed E-state index contributed by atoms with van der Waals surface area (Å²) in [6.07, 6.45) is 0.357. The quantitative estimate of drug-likeness (QED) is 0.676. The van der Waals surface area contributed by atoms with E-state index in [0.717, 1.165) is 5.56 Å². The van der Waals surface area contributed by atoms with Gasteiger partial charge in [-0.15, -0.1) is 0 Å². The molecule has 0 spiro atoms. The van der Waals surface area contributed by atoms with Gasteiger partial charge in [0.1, 0.15) is 0 Å². The fourth-order valence-electron chi connectivity index (χ4n) is 1.52. The molecule has 1 fully saturated rings. The standard InChI is InChI=1S/C10H13NO2/c12-9-6-10(11-13-7-9)8-4-2-1-3-5-8/h1-5,9-12H,6-7H2/t9-,10-/m0/s1. The van der Waals surface area contributed by atoms with Gasteiger partial charge >= 0.3 is 0 Å². The summed E-state index contributed by atoms with van der Waals surface area (Å²) < 4.78 is 0. The molecule has 3 heteroatoms. The van der Waals surface area contributed by atoms with Crippen LogP contribution in [0.2, 0.25) is 0 Å². The van der Waals surface area contributed by atoms with Gasteiger partial charge in [0.25, 0.3) is 0 Å². The molecule has 0 saturated carbocycles.